The van der Waals surface area contributed by atoms with Crippen molar-refractivity contribution in [3.8, 4) is 0 Å². The summed E-state index contributed by atoms with van der Waals surface area (Å²) in [5.41, 5.74) is 1.39. The molecule has 29 heavy (non-hydrogen) atoms. The molecule has 0 bridgehead atoms. The molecule has 0 spiro atoms. The summed E-state index contributed by atoms with van der Waals surface area (Å²) in [7, 11) is 0. The van der Waals surface area contributed by atoms with Crippen LogP contribution in [0.25, 0.3) is 5.76 Å². The van der Waals surface area contributed by atoms with Gasteiger partial charge in [-0.3, -0.25) is 14.5 Å². The lowest BCUT2D eigenvalue weighted by atomic mass is 9.95. The predicted octanol–water partition coefficient (Wildman–Crippen LogP) is 5.62. The Morgan fingerprint density at radius 1 is 0.862 bits per heavy atom. The Labute approximate surface area is 177 Å². The maximum atomic E-state index is 13.0. The molecule has 144 valence electrons. The number of nitrogens with zero attached hydrogens (tertiary/aromatic N) is 1. The van der Waals surface area contributed by atoms with Gasteiger partial charge in [0.1, 0.15) is 5.76 Å². The molecule has 1 amide bonds. The van der Waals surface area contributed by atoms with Crippen molar-refractivity contribution >= 4 is 46.3 Å². The molecule has 6 heteroatoms. The van der Waals surface area contributed by atoms with E-state index in [1.807, 2.05) is 0 Å². The average Bonchev–Trinajstić information content (AvgIpc) is 2.99. The van der Waals surface area contributed by atoms with Gasteiger partial charge < -0.3 is 5.11 Å². The highest BCUT2D eigenvalue weighted by molar-refractivity contribution is 6.52. The molecule has 3 aromatic carbocycles. The smallest absolute Gasteiger partial charge is 0.300 e. The van der Waals surface area contributed by atoms with E-state index in [1.54, 1.807) is 78.9 Å². The fraction of sp³-hybridized carbons (Fsp3) is 0.0435. The van der Waals surface area contributed by atoms with Crippen molar-refractivity contribution in [2.45, 2.75) is 6.04 Å². The van der Waals surface area contributed by atoms with E-state index in [0.29, 0.717) is 26.9 Å². The van der Waals surface area contributed by atoms with E-state index in [-0.39, 0.29) is 11.3 Å². The average molecular weight is 424 g/mol. The first-order chi connectivity index (χ1) is 14.0. The summed E-state index contributed by atoms with van der Waals surface area (Å²) in [4.78, 5) is 27.3. The van der Waals surface area contributed by atoms with Gasteiger partial charge in [-0.25, -0.2) is 0 Å². The molecule has 0 radical (unpaired) electrons. The monoisotopic (exact) mass is 423 g/mol. The van der Waals surface area contributed by atoms with Crippen LogP contribution in [0.15, 0.2) is 84.4 Å². The summed E-state index contributed by atoms with van der Waals surface area (Å²) in [6.45, 7) is 0. The van der Waals surface area contributed by atoms with Crippen LogP contribution in [0, 0.1) is 0 Å². The van der Waals surface area contributed by atoms with Crippen molar-refractivity contribution in [1.29, 1.82) is 0 Å². The minimum atomic E-state index is -0.887. The Kier molecular flexibility index (Phi) is 5.14. The number of halogens is 2. The fourth-order valence-electron chi connectivity index (χ4n) is 3.47. The molecule has 4 rings (SSSR count). The summed E-state index contributed by atoms with van der Waals surface area (Å²) in [5.74, 6) is -1.79. The SMILES string of the molecule is O=C1C(=O)N(c2cccc(Cl)c2)C(c2ccccc2Cl)C1=C(O)c1ccccc1. The quantitative estimate of drug-likeness (QED) is 0.337. The van der Waals surface area contributed by atoms with Gasteiger partial charge in [0.15, 0.2) is 0 Å². The Balaban J connectivity index is 1.99. The van der Waals surface area contributed by atoms with E-state index in [4.69, 9.17) is 23.2 Å². The zero-order chi connectivity index (χ0) is 20.5. The topological polar surface area (TPSA) is 57.6 Å². The molecule has 1 N–H and O–H groups in total. The number of carbonyl (C=O) groups is 2. The lowest BCUT2D eigenvalue weighted by molar-refractivity contribution is -0.132. The number of rotatable bonds is 3. The molecule has 1 aliphatic heterocycles. The van der Waals surface area contributed by atoms with Crippen molar-refractivity contribution in [2.75, 3.05) is 4.90 Å². The second-order valence-corrected chi connectivity index (χ2v) is 7.38. The number of hydrogen-bond acceptors (Lipinski definition) is 3. The molecule has 3 aromatic rings. The molecule has 1 aliphatic rings. The largest absolute Gasteiger partial charge is 0.507 e. The number of aliphatic hydroxyl groups excluding tert-OH is 1. The Morgan fingerprint density at radius 3 is 2.24 bits per heavy atom. The molecule has 4 nitrogen and oxygen atoms in total. The number of aliphatic hydroxyl groups is 1. The first-order valence-corrected chi connectivity index (χ1v) is 9.61. The summed E-state index contributed by atoms with van der Waals surface area (Å²) in [6, 6.07) is 21.3. The minimum Gasteiger partial charge on any atom is -0.507 e. The molecule has 0 aromatic heterocycles. The van der Waals surface area contributed by atoms with E-state index >= 15 is 0 Å². The second kappa shape index (κ2) is 7.74. The van der Waals surface area contributed by atoms with Crippen LogP contribution in [0.5, 0.6) is 0 Å². The first kappa shape index (κ1) is 19.2. The number of amides is 1. The van der Waals surface area contributed by atoms with E-state index in [9.17, 15) is 14.7 Å². The van der Waals surface area contributed by atoms with Crippen molar-refractivity contribution in [3.63, 3.8) is 0 Å². The number of anilines is 1. The molecule has 1 heterocycles. The van der Waals surface area contributed by atoms with Gasteiger partial charge >= 0.3 is 0 Å². The van der Waals surface area contributed by atoms with Gasteiger partial charge in [-0.05, 0) is 29.8 Å². The van der Waals surface area contributed by atoms with Gasteiger partial charge in [0, 0.05) is 21.3 Å². The van der Waals surface area contributed by atoms with Crippen LogP contribution in [0.4, 0.5) is 5.69 Å². The summed E-state index contributed by atoms with van der Waals surface area (Å²) in [5, 5.41) is 11.8. The summed E-state index contributed by atoms with van der Waals surface area (Å²) >= 11 is 12.5. The number of hydrogen-bond donors (Lipinski definition) is 1. The molecule has 1 fully saturated rings. The van der Waals surface area contributed by atoms with Crippen LogP contribution in [-0.4, -0.2) is 16.8 Å². The van der Waals surface area contributed by atoms with Crippen LogP contribution in [0.1, 0.15) is 17.2 Å². The Bertz CT molecular complexity index is 1140. The van der Waals surface area contributed by atoms with Gasteiger partial charge in [0.25, 0.3) is 11.7 Å². The Morgan fingerprint density at radius 2 is 1.55 bits per heavy atom. The van der Waals surface area contributed by atoms with E-state index in [1.165, 1.54) is 4.90 Å². The molecular formula is C23H15Cl2NO3. The van der Waals surface area contributed by atoms with Crippen LogP contribution < -0.4 is 4.90 Å². The molecule has 1 atom stereocenters. The highest BCUT2D eigenvalue weighted by Gasteiger charge is 2.47. The molecule has 0 saturated carbocycles. The van der Waals surface area contributed by atoms with Gasteiger partial charge in [-0.15, -0.1) is 0 Å². The molecule has 0 aliphatic carbocycles. The van der Waals surface area contributed by atoms with Gasteiger partial charge in [0.05, 0.1) is 11.6 Å². The van der Waals surface area contributed by atoms with Crippen molar-refractivity contribution in [1.82, 2.24) is 0 Å². The third-order valence-electron chi connectivity index (χ3n) is 4.78. The van der Waals surface area contributed by atoms with Crippen LogP contribution in [0.2, 0.25) is 10.0 Å². The number of benzene rings is 3. The number of carbonyl (C=O) groups excluding carboxylic acids is 2. The van der Waals surface area contributed by atoms with Crippen LogP contribution in [0.3, 0.4) is 0 Å². The first-order valence-electron chi connectivity index (χ1n) is 8.85. The van der Waals surface area contributed by atoms with Crippen LogP contribution >= 0.6 is 23.2 Å². The Hall–Kier alpha value is -3.08. The number of Topliss-reactive ketones (excluding diaryl/α,β-unsaturated/α-hetero) is 1. The number of ketones is 1. The maximum absolute atomic E-state index is 13.0. The predicted molar refractivity (Wildman–Crippen MR) is 114 cm³/mol. The highest BCUT2D eigenvalue weighted by Crippen LogP contribution is 2.44. The van der Waals surface area contributed by atoms with Crippen molar-refractivity contribution < 1.29 is 14.7 Å². The van der Waals surface area contributed by atoms with Crippen molar-refractivity contribution in [2.24, 2.45) is 0 Å². The normalized spacial score (nSPS) is 18.3. The van der Waals surface area contributed by atoms with E-state index in [0.717, 1.165) is 0 Å². The third-order valence-corrected chi connectivity index (χ3v) is 5.36. The van der Waals surface area contributed by atoms with Gasteiger partial charge in [-0.1, -0.05) is 77.8 Å². The van der Waals surface area contributed by atoms with E-state index in [2.05, 4.69) is 0 Å². The zero-order valence-electron chi connectivity index (χ0n) is 15.0. The molecule has 1 unspecified atom stereocenters. The standard InChI is InChI=1S/C23H15Cl2NO3/c24-15-9-6-10-16(13-15)26-20(17-11-4-5-12-18(17)25)19(22(28)23(26)29)21(27)14-7-2-1-3-8-14/h1-13,20,27H. The zero-order valence-corrected chi connectivity index (χ0v) is 16.6. The van der Waals surface area contributed by atoms with E-state index < -0.39 is 17.7 Å². The lowest BCUT2D eigenvalue weighted by Gasteiger charge is -2.26. The maximum Gasteiger partial charge on any atom is 0.300 e. The second-order valence-electron chi connectivity index (χ2n) is 6.54. The minimum absolute atomic E-state index is 0.0192. The highest BCUT2D eigenvalue weighted by atomic mass is 35.5. The third kappa shape index (κ3) is 3.41. The molecule has 1 saturated heterocycles. The van der Waals surface area contributed by atoms with Crippen molar-refractivity contribution in [3.05, 3.63) is 106 Å². The van der Waals surface area contributed by atoms with Gasteiger partial charge in [-0.2, -0.15) is 0 Å². The summed E-state index contributed by atoms with van der Waals surface area (Å²) in [6.07, 6.45) is 0. The molecular weight excluding hydrogens is 409 g/mol. The summed E-state index contributed by atoms with van der Waals surface area (Å²) < 4.78 is 0. The lowest BCUT2D eigenvalue weighted by Crippen LogP contribution is -2.29. The van der Waals surface area contributed by atoms with Gasteiger partial charge in [0.2, 0.25) is 0 Å². The fourth-order valence-corrected chi connectivity index (χ4v) is 3.89. The van der Waals surface area contributed by atoms with Crippen LogP contribution in [-0.2, 0) is 9.59 Å².